The summed E-state index contributed by atoms with van der Waals surface area (Å²) in [5.41, 5.74) is 2.58. The minimum atomic E-state index is -0.281. The smallest absolute Gasteiger partial charge is 0.258 e. The lowest BCUT2D eigenvalue weighted by Gasteiger charge is -2.12. The molecule has 0 spiro atoms. The number of amides is 2. The number of nitrogens with one attached hydrogen (secondary N) is 2. The van der Waals surface area contributed by atoms with E-state index in [0.29, 0.717) is 29.0 Å². The normalized spacial score (nSPS) is 10.6. The number of hydrogen-bond donors (Lipinski definition) is 2. The molecule has 0 fully saturated rings. The molecule has 0 aliphatic rings. The maximum Gasteiger partial charge on any atom is 0.258 e. The van der Waals surface area contributed by atoms with Gasteiger partial charge in [-0.1, -0.05) is 42.1 Å². The van der Waals surface area contributed by atoms with Crippen LogP contribution in [0.3, 0.4) is 0 Å². The average molecular weight is 532 g/mol. The van der Waals surface area contributed by atoms with Gasteiger partial charge in [-0.3, -0.25) is 14.2 Å². The van der Waals surface area contributed by atoms with Crippen LogP contribution in [0.1, 0.15) is 18.3 Å². The first-order chi connectivity index (χ1) is 18.5. The first kappa shape index (κ1) is 26.7. The summed E-state index contributed by atoms with van der Waals surface area (Å²) < 4.78 is 12.8. The topological polar surface area (TPSA) is 107 Å². The molecule has 4 rings (SSSR count). The Morgan fingerprint density at radius 1 is 0.895 bits per heavy atom. The first-order valence-corrected chi connectivity index (χ1v) is 13.1. The van der Waals surface area contributed by atoms with Gasteiger partial charge < -0.3 is 20.1 Å². The Balaban J connectivity index is 1.40. The van der Waals surface area contributed by atoms with Crippen molar-refractivity contribution in [2.24, 2.45) is 0 Å². The van der Waals surface area contributed by atoms with E-state index in [9.17, 15) is 9.59 Å². The molecule has 10 heteroatoms. The van der Waals surface area contributed by atoms with E-state index in [1.54, 1.807) is 24.3 Å². The summed E-state index contributed by atoms with van der Waals surface area (Å²) in [5.74, 6) is 1.58. The quantitative estimate of drug-likeness (QED) is 0.261. The van der Waals surface area contributed by atoms with Crippen molar-refractivity contribution in [3.8, 4) is 17.2 Å². The van der Waals surface area contributed by atoms with Crippen molar-refractivity contribution in [2.45, 2.75) is 25.5 Å². The Bertz CT molecular complexity index is 1360. The van der Waals surface area contributed by atoms with Crippen molar-refractivity contribution in [1.29, 1.82) is 0 Å². The highest BCUT2D eigenvalue weighted by atomic mass is 32.2. The zero-order chi connectivity index (χ0) is 26.7. The van der Waals surface area contributed by atoms with Crippen LogP contribution in [0.25, 0.3) is 5.69 Å². The molecule has 3 aromatic carbocycles. The van der Waals surface area contributed by atoms with Crippen LogP contribution >= 0.6 is 11.8 Å². The zero-order valence-electron chi connectivity index (χ0n) is 21.2. The highest BCUT2D eigenvalue weighted by molar-refractivity contribution is 7.99. The molecule has 4 aromatic rings. The summed E-state index contributed by atoms with van der Waals surface area (Å²) in [6.45, 7) is 4.53. The Morgan fingerprint density at radius 2 is 1.66 bits per heavy atom. The number of aromatic nitrogens is 3. The van der Waals surface area contributed by atoms with E-state index in [1.807, 2.05) is 73.0 Å². The van der Waals surface area contributed by atoms with Gasteiger partial charge >= 0.3 is 0 Å². The molecule has 1 aromatic heterocycles. The molecule has 0 saturated heterocycles. The summed E-state index contributed by atoms with van der Waals surface area (Å²) in [7, 11) is 0. The number of rotatable bonds is 12. The average Bonchev–Trinajstić information content (AvgIpc) is 3.34. The molecule has 0 unspecified atom stereocenters. The fraction of sp³-hybridized carbons (Fsp3) is 0.214. The van der Waals surface area contributed by atoms with Crippen molar-refractivity contribution in [3.05, 3.63) is 90.3 Å². The van der Waals surface area contributed by atoms with Crippen molar-refractivity contribution < 1.29 is 19.1 Å². The fourth-order valence-corrected chi connectivity index (χ4v) is 4.33. The number of benzene rings is 3. The second-order valence-electron chi connectivity index (χ2n) is 8.25. The maximum atomic E-state index is 12.6. The number of carbonyl (C=O) groups is 2. The second-order valence-corrected chi connectivity index (χ2v) is 9.19. The van der Waals surface area contributed by atoms with Gasteiger partial charge in [0, 0.05) is 11.4 Å². The number of carbonyl (C=O) groups excluding carboxylic acids is 2. The van der Waals surface area contributed by atoms with Gasteiger partial charge in [-0.2, -0.15) is 0 Å². The Morgan fingerprint density at radius 3 is 2.39 bits per heavy atom. The number of para-hydroxylation sites is 1. The molecule has 0 aliphatic carbocycles. The Kier molecular flexibility index (Phi) is 9.36. The third-order valence-electron chi connectivity index (χ3n) is 5.30. The summed E-state index contributed by atoms with van der Waals surface area (Å²) in [6, 6.07) is 24.2. The molecule has 38 heavy (non-hydrogen) atoms. The maximum absolute atomic E-state index is 12.6. The minimum Gasteiger partial charge on any atom is -0.494 e. The minimum absolute atomic E-state index is 0.115. The molecule has 9 nitrogen and oxygen atoms in total. The van der Waals surface area contributed by atoms with Gasteiger partial charge in [0.1, 0.15) is 11.5 Å². The predicted octanol–water partition coefficient (Wildman–Crippen LogP) is 4.40. The summed E-state index contributed by atoms with van der Waals surface area (Å²) in [6.07, 6.45) is 0. The molecule has 0 aliphatic heterocycles. The number of hydrogen-bond acceptors (Lipinski definition) is 7. The van der Waals surface area contributed by atoms with Crippen molar-refractivity contribution in [3.63, 3.8) is 0 Å². The second kappa shape index (κ2) is 13.3. The number of aryl methyl sites for hydroxylation is 1. The van der Waals surface area contributed by atoms with Crippen LogP contribution in [0, 0.1) is 6.92 Å². The summed E-state index contributed by atoms with van der Waals surface area (Å²) >= 11 is 1.26. The number of ether oxygens (including phenoxy) is 2. The molecule has 2 N–H and O–H groups in total. The standard InChI is InChI=1S/C28H29N5O4S/c1-3-36-24-14-12-21(13-15-24)30-27(35)19-38-28-32-31-25(33(28)22-9-7-8-20(2)16-22)17-29-26(34)18-37-23-10-5-4-6-11-23/h4-16H,3,17-19H2,1-2H3,(H,29,34)(H,30,35). The third-order valence-corrected chi connectivity index (χ3v) is 6.23. The SMILES string of the molecule is CCOc1ccc(NC(=O)CSc2nnc(CNC(=O)COc3ccccc3)n2-c2cccc(C)c2)cc1. The number of thioether (sulfide) groups is 1. The van der Waals surface area contributed by atoms with Crippen molar-refractivity contribution in [2.75, 3.05) is 24.3 Å². The highest BCUT2D eigenvalue weighted by Crippen LogP contribution is 2.23. The van der Waals surface area contributed by atoms with E-state index < -0.39 is 0 Å². The van der Waals surface area contributed by atoms with Crippen LogP contribution in [0.5, 0.6) is 11.5 Å². The predicted molar refractivity (Wildman–Crippen MR) is 147 cm³/mol. The van der Waals surface area contributed by atoms with Gasteiger partial charge in [0.15, 0.2) is 17.6 Å². The van der Waals surface area contributed by atoms with E-state index in [2.05, 4.69) is 20.8 Å². The van der Waals surface area contributed by atoms with Crippen LogP contribution in [0.15, 0.2) is 84.0 Å². The van der Waals surface area contributed by atoms with Crippen LogP contribution in [0.4, 0.5) is 5.69 Å². The molecule has 1 heterocycles. The van der Waals surface area contributed by atoms with Gasteiger partial charge in [-0.15, -0.1) is 10.2 Å². The van der Waals surface area contributed by atoms with Gasteiger partial charge in [0.05, 0.1) is 18.9 Å². The number of anilines is 1. The summed E-state index contributed by atoms with van der Waals surface area (Å²) in [4.78, 5) is 25.0. The van der Waals surface area contributed by atoms with Crippen molar-refractivity contribution >= 4 is 29.3 Å². The monoisotopic (exact) mass is 531 g/mol. The summed E-state index contributed by atoms with van der Waals surface area (Å²) in [5, 5.41) is 14.9. The van der Waals surface area contributed by atoms with Gasteiger partial charge in [-0.05, 0) is 67.9 Å². The Labute approximate surface area is 225 Å². The van der Waals surface area contributed by atoms with E-state index >= 15 is 0 Å². The molecule has 2 amide bonds. The molecule has 0 bridgehead atoms. The van der Waals surface area contributed by atoms with E-state index in [0.717, 1.165) is 17.0 Å². The molecule has 0 radical (unpaired) electrons. The lowest BCUT2D eigenvalue weighted by Crippen LogP contribution is -2.29. The molecular weight excluding hydrogens is 502 g/mol. The van der Waals surface area contributed by atoms with Crippen LogP contribution in [-0.4, -0.2) is 45.5 Å². The van der Waals surface area contributed by atoms with Crippen LogP contribution < -0.4 is 20.1 Å². The van der Waals surface area contributed by atoms with Gasteiger partial charge in [0.25, 0.3) is 5.91 Å². The third kappa shape index (κ3) is 7.59. The molecule has 0 atom stereocenters. The highest BCUT2D eigenvalue weighted by Gasteiger charge is 2.17. The zero-order valence-corrected chi connectivity index (χ0v) is 22.0. The Hall–Kier alpha value is -4.31. The van der Waals surface area contributed by atoms with Gasteiger partial charge in [-0.25, -0.2) is 0 Å². The van der Waals surface area contributed by atoms with Gasteiger partial charge in [0.2, 0.25) is 5.91 Å². The molecule has 196 valence electrons. The van der Waals surface area contributed by atoms with E-state index in [1.165, 1.54) is 11.8 Å². The largest absolute Gasteiger partial charge is 0.494 e. The lowest BCUT2D eigenvalue weighted by molar-refractivity contribution is -0.123. The van der Waals surface area contributed by atoms with E-state index in [4.69, 9.17) is 9.47 Å². The van der Waals surface area contributed by atoms with Crippen LogP contribution in [-0.2, 0) is 16.1 Å². The molecule has 0 saturated carbocycles. The molecular formula is C28H29N5O4S. The van der Waals surface area contributed by atoms with Crippen LogP contribution in [0.2, 0.25) is 0 Å². The lowest BCUT2D eigenvalue weighted by atomic mass is 10.2. The van der Waals surface area contributed by atoms with Crippen molar-refractivity contribution in [1.82, 2.24) is 20.1 Å². The fourth-order valence-electron chi connectivity index (χ4n) is 3.56. The van der Waals surface area contributed by atoms with E-state index in [-0.39, 0.29) is 30.7 Å². The number of nitrogens with zero attached hydrogens (tertiary/aromatic N) is 3. The first-order valence-electron chi connectivity index (χ1n) is 12.1.